The summed E-state index contributed by atoms with van der Waals surface area (Å²) in [5, 5.41) is 4.83. The minimum Gasteiger partial charge on any atom is -0.443 e. The maximum absolute atomic E-state index is 5.86. The lowest BCUT2D eigenvalue weighted by molar-refractivity contribution is 0.605. The van der Waals surface area contributed by atoms with Crippen molar-refractivity contribution in [1.82, 2.24) is 4.98 Å². The Morgan fingerprint density at radius 2 is 1.39 bits per heavy atom. The molecule has 138 valence electrons. The van der Waals surface area contributed by atoms with Gasteiger partial charge in [0.05, 0.1) is 0 Å². The van der Waals surface area contributed by atoms with Gasteiger partial charge in [0.25, 0.3) is 0 Å². The Hall–Kier alpha value is -3.13. The first kappa shape index (κ1) is 17.0. The van der Waals surface area contributed by atoms with E-state index in [2.05, 4.69) is 82.1 Å². The molecular weight excluding hydrogens is 342 g/mol. The highest BCUT2D eigenvalue weighted by Gasteiger charge is 2.18. The van der Waals surface area contributed by atoms with Crippen molar-refractivity contribution in [3.05, 3.63) is 76.7 Å². The Labute approximate surface area is 164 Å². The molecular formula is C26H23NO. The van der Waals surface area contributed by atoms with Crippen molar-refractivity contribution in [3.8, 4) is 11.1 Å². The summed E-state index contributed by atoms with van der Waals surface area (Å²) in [6, 6.07) is 15.6. The fourth-order valence-corrected chi connectivity index (χ4v) is 4.93. The number of benzene rings is 4. The average molecular weight is 365 g/mol. The van der Waals surface area contributed by atoms with Crippen molar-refractivity contribution >= 4 is 32.6 Å². The molecule has 5 rings (SSSR count). The predicted octanol–water partition coefficient (Wildman–Crippen LogP) is 7.34. The van der Waals surface area contributed by atoms with Crippen LogP contribution in [0.5, 0.6) is 0 Å². The van der Waals surface area contributed by atoms with Crippen molar-refractivity contribution in [2.24, 2.45) is 0 Å². The zero-order valence-corrected chi connectivity index (χ0v) is 17.0. The second kappa shape index (κ2) is 5.93. The quantitative estimate of drug-likeness (QED) is 0.290. The van der Waals surface area contributed by atoms with Gasteiger partial charge >= 0.3 is 0 Å². The largest absolute Gasteiger partial charge is 0.443 e. The predicted molar refractivity (Wildman–Crippen MR) is 118 cm³/mol. The number of hydrogen-bond donors (Lipinski definition) is 0. The smallest absolute Gasteiger partial charge is 0.182 e. The maximum Gasteiger partial charge on any atom is 0.182 e. The summed E-state index contributed by atoms with van der Waals surface area (Å²) >= 11 is 0. The molecule has 2 heteroatoms. The summed E-state index contributed by atoms with van der Waals surface area (Å²) in [4.78, 5) is 4.59. The van der Waals surface area contributed by atoms with Crippen molar-refractivity contribution in [2.75, 3.05) is 0 Å². The van der Waals surface area contributed by atoms with E-state index in [9.17, 15) is 0 Å². The first-order valence-electron chi connectivity index (χ1n) is 9.73. The van der Waals surface area contributed by atoms with E-state index in [1.165, 1.54) is 55.1 Å². The molecule has 0 aliphatic rings. The molecule has 0 spiro atoms. The SMILES string of the molecule is Cc1cc(C)c(-c2cccc3c4ncoc4c4c(C)cc(C)cc4c23)c(C)c1. The van der Waals surface area contributed by atoms with Gasteiger partial charge in [-0.1, -0.05) is 53.6 Å². The van der Waals surface area contributed by atoms with Gasteiger partial charge in [0.15, 0.2) is 12.0 Å². The van der Waals surface area contributed by atoms with Gasteiger partial charge in [0.2, 0.25) is 0 Å². The van der Waals surface area contributed by atoms with E-state index in [1.54, 1.807) is 6.39 Å². The van der Waals surface area contributed by atoms with Crippen LogP contribution in [0.15, 0.2) is 53.3 Å². The normalized spacial score (nSPS) is 11.8. The molecule has 1 aromatic heterocycles. The summed E-state index contributed by atoms with van der Waals surface area (Å²) in [5.74, 6) is 0. The van der Waals surface area contributed by atoms with Gasteiger partial charge < -0.3 is 4.42 Å². The van der Waals surface area contributed by atoms with E-state index >= 15 is 0 Å². The summed E-state index contributed by atoms with van der Waals surface area (Å²) in [7, 11) is 0. The van der Waals surface area contributed by atoms with Gasteiger partial charge in [0, 0.05) is 10.8 Å². The third-order valence-corrected chi connectivity index (χ3v) is 5.81. The van der Waals surface area contributed by atoms with Gasteiger partial charge in [-0.25, -0.2) is 4.98 Å². The highest BCUT2D eigenvalue weighted by atomic mass is 16.3. The average Bonchev–Trinajstić information content (AvgIpc) is 3.10. The number of aromatic nitrogens is 1. The van der Waals surface area contributed by atoms with Crippen LogP contribution in [-0.4, -0.2) is 4.98 Å². The molecule has 0 N–H and O–H groups in total. The molecule has 0 radical (unpaired) electrons. The van der Waals surface area contributed by atoms with Gasteiger partial charge in [0.1, 0.15) is 5.52 Å². The number of nitrogens with zero attached hydrogens (tertiary/aromatic N) is 1. The fourth-order valence-electron chi connectivity index (χ4n) is 4.93. The van der Waals surface area contributed by atoms with Crippen LogP contribution in [0, 0.1) is 34.6 Å². The van der Waals surface area contributed by atoms with Crippen LogP contribution in [0.2, 0.25) is 0 Å². The molecule has 4 aromatic carbocycles. The number of hydrogen-bond acceptors (Lipinski definition) is 2. The molecule has 0 amide bonds. The lowest BCUT2D eigenvalue weighted by Crippen LogP contribution is -1.93. The van der Waals surface area contributed by atoms with E-state index in [1.807, 2.05) is 0 Å². The molecule has 1 heterocycles. The van der Waals surface area contributed by atoms with E-state index in [4.69, 9.17) is 4.42 Å². The highest BCUT2D eigenvalue weighted by molar-refractivity contribution is 6.27. The summed E-state index contributed by atoms with van der Waals surface area (Å²) in [6.07, 6.45) is 1.57. The van der Waals surface area contributed by atoms with E-state index < -0.39 is 0 Å². The minimum absolute atomic E-state index is 0.884. The number of fused-ring (bicyclic) bond motifs is 6. The van der Waals surface area contributed by atoms with Crippen LogP contribution in [0.25, 0.3) is 43.8 Å². The molecule has 0 fully saturated rings. The molecule has 5 aromatic rings. The molecule has 0 bridgehead atoms. The molecule has 2 nitrogen and oxygen atoms in total. The van der Waals surface area contributed by atoms with Crippen molar-refractivity contribution < 1.29 is 4.42 Å². The molecule has 0 atom stereocenters. The molecule has 0 aliphatic heterocycles. The second-order valence-corrected chi connectivity index (χ2v) is 8.04. The summed E-state index contributed by atoms with van der Waals surface area (Å²) in [5.41, 5.74) is 10.8. The Bertz CT molecular complexity index is 1380. The number of oxazole rings is 1. The highest BCUT2D eigenvalue weighted by Crippen LogP contribution is 2.42. The standard InChI is InChI=1S/C26H23NO/c1-14-9-16(3)22(17(4)10-14)19-7-6-8-20-24(19)21-12-15(2)11-18(5)23(21)26-25(20)27-13-28-26/h6-13H,1-5H3. The van der Waals surface area contributed by atoms with E-state index in [0.29, 0.717) is 0 Å². The third kappa shape index (κ3) is 2.31. The number of aryl methyl sites for hydroxylation is 5. The summed E-state index contributed by atoms with van der Waals surface area (Å²) < 4.78 is 5.86. The first-order chi connectivity index (χ1) is 13.5. The molecule has 0 aliphatic carbocycles. The zero-order valence-electron chi connectivity index (χ0n) is 17.0. The van der Waals surface area contributed by atoms with Crippen molar-refractivity contribution in [3.63, 3.8) is 0 Å². The topological polar surface area (TPSA) is 26.0 Å². The zero-order chi connectivity index (χ0) is 19.6. The van der Waals surface area contributed by atoms with E-state index in [-0.39, 0.29) is 0 Å². The third-order valence-electron chi connectivity index (χ3n) is 5.81. The monoisotopic (exact) mass is 365 g/mol. The Balaban J connectivity index is 2.09. The fraction of sp³-hybridized carbons (Fsp3) is 0.192. The van der Waals surface area contributed by atoms with Crippen LogP contribution < -0.4 is 0 Å². The van der Waals surface area contributed by atoms with Crippen LogP contribution in [-0.2, 0) is 0 Å². The number of rotatable bonds is 1. The van der Waals surface area contributed by atoms with Crippen molar-refractivity contribution in [1.29, 1.82) is 0 Å². The van der Waals surface area contributed by atoms with Gasteiger partial charge in [-0.2, -0.15) is 0 Å². The van der Waals surface area contributed by atoms with Crippen LogP contribution in [0.3, 0.4) is 0 Å². The Morgan fingerprint density at radius 1 is 0.714 bits per heavy atom. The molecule has 0 unspecified atom stereocenters. The van der Waals surface area contributed by atoms with Gasteiger partial charge in [-0.3, -0.25) is 0 Å². The van der Waals surface area contributed by atoms with Crippen LogP contribution in [0.1, 0.15) is 27.8 Å². The molecule has 28 heavy (non-hydrogen) atoms. The lowest BCUT2D eigenvalue weighted by atomic mass is 9.87. The Kier molecular flexibility index (Phi) is 3.60. The minimum atomic E-state index is 0.884. The summed E-state index contributed by atoms with van der Waals surface area (Å²) in [6.45, 7) is 10.9. The lowest BCUT2D eigenvalue weighted by Gasteiger charge is -2.17. The molecule has 0 saturated heterocycles. The van der Waals surface area contributed by atoms with Crippen LogP contribution >= 0.6 is 0 Å². The van der Waals surface area contributed by atoms with E-state index in [0.717, 1.165) is 16.5 Å². The van der Waals surface area contributed by atoms with Gasteiger partial charge in [-0.05, 0) is 73.2 Å². The van der Waals surface area contributed by atoms with Crippen molar-refractivity contribution in [2.45, 2.75) is 34.6 Å². The molecule has 0 saturated carbocycles. The first-order valence-corrected chi connectivity index (χ1v) is 9.73. The Morgan fingerprint density at radius 3 is 2.14 bits per heavy atom. The van der Waals surface area contributed by atoms with Gasteiger partial charge in [-0.15, -0.1) is 0 Å². The second-order valence-electron chi connectivity index (χ2n) is 8.04. The van der Waals surface area contributed by atoms with Crippen LogP contribution in [0.4, 0.5) is 0 Å². The maximum atomic E-state index is 5.86.